The van der Waals surface area contributed by atoms with Crippen LogP contribution >= 0.6 is 11.6 Å². The summed E-state index contributed by atoms with van der Waals surface area (Å²) >= 11 is 6.62. The summed E-state index contributed by atoms with van der Waals surface area (Å²) in [7, 11) is 0. The van der Waals surface area contributed by atoms with Crippen LogP contribution in [0.1, 0.15) is 56.2 Å². The number of benzene rings is 1. The van der Waals surface area contributed by atoms with Gasteiger partial charge in [0.1, 0.15) is 0 Å². The Morgan fingerprint density at radius 1 is 1.15 bits per heavy atom. The third kappa shape index (κ3) is 3.06. The van der Waals surface area contributed by atoms with Gasteiger partial charge in [0, 0.05) is 5.38 Å². The van der Waals surface area contributed by atoms with Crippen molar-refractivity contribution in [1.29, 1.82) is 0 Å². The van der Waals surface area contributed by atoms with Crippen LogP contribution < -0.4 is 0 Å². The standard InChI is InChI=1S/C19H27Cl/c1-13(2)16-8-9-19(20)18(12-16)11-14-6-7-15-4-3-5-17(15)10-14/h6-7,10,13,16,18-19H,3-5,8-9,11-12H2,1-2H3. The van der Waals surface area contributed by atoms with Crippen LogP contribution in [0.25, 0.3) is 0 Å². The largest absolute Gasteiger partial charge is 0.123 e. The highest BCUT2D eigenvalue weighted by Crippen LogP contribution is 2.38. The fourth-order valence-corrected chi connectivity index (χ4v) is 4.45. The maximum Gasteiger partial charge on any atom is 0.0367 e. The molecule has 0 spiro atoms. The van der Waals surface area contributed by atoms with E-state index in [4.69, 9.17) is 11.6 Å². The third-order valence-corrected chi connectivity index (χ3v) is 6.11. The van der Waals surface area contributed by atoms with Gasteiger partial charge in [0.2, 0.25) is 0 Å². The van der Waals surface area contributed by atoms with Crippen LogP contribution in [-0.4, -0.2) is 5.38 Å². The Morgan fingerprint density at radius 3 is 2.75 bits per heavy atom. The fourth-order valence-electron chi connectivity index (χ4n) is 4.13. The Hall–Kier alpha value is -0.490. The van der Waals surface area contributed by atoms with Gasteiger partial charge in [-0.3, -0.25) is 0 Å². The van der Waals surface area contributed by atoms with E-state index in [2.05, 4.69) is 32.0 Å². The van der Waals surface area contributed by atoms with Crippen molar-refractivity contribution >= 4 is 11.6 Å². The van der Waals surface area contributed by atoms with E-state index in [9.17, 15) is 0 Å². The first-order valence-electron chi connectivity index (χ1n) is 8.38. The van der Waals surface area contributed by atoms with Crippen LogP contribution in [0, 0.1) is 17.8 Å². The molecule has 0 nitrogen and oxygen atoms in total. The van der Waals surface area contributed by atoms with Gasteiger partial charge < -0.3 is 0 Å². The summed E-state index contributed by atoms with van der Waals surface area (Å²) in [6, 6.07) is 7.18. The molecule has 1 heteroatoms. The lowest BCUT2D eigenvalue weighted by Crippen LogP contribution is -2.29. The molecule has 1 fully saturated rings. The zero-order valence-electron chi connectivity index (χ0n) is 12.9. The molecule has 3 atom stereocenters. The summed E-state index contributed by atoms with van der Waals surface area (Å²) in [6.45, 7) is 4.73. The van der Waals surface area contributed by atoms with Gasteiger partial charge in [-0.2, -0.15) is 0 Å². The minimum atomic E-state index is 0.387. The molecule has 3 rings (SSSR count). The fraction of sp³-hybridized carbons (Fsp3) is 0.684. The molecule has 0 N–H and O–H groups in total. The van der Waals surface area contributed by atoms with E-state index in [-0.39, 0.29) is 0 Å². The molecular weight excluding hydrogens is 264 g/mol. The molecule has 1 saturated carbocycles. The van der Waals surface area contributed by atoms with Crippen molar-refractivity contribution in [1.82, 2.24) is 0 Å². The molecule has 1 aromatic rings. The van der Waals surface area contributed by atoms with E-state index in [1.807, 2.05) is 0 Å². The van der Waals surface area contributed by atoms with Crippen molar-refractivity contribution in [2.45, 2.75) is 64.2 Å². The summed E-state index contributed by atoms with van der Waals surface area (Å²) in [6.07, 6.45) is 8.95. The van der Waals surface area contributed by atoms with Crippen molar-refractivity contribution in [2.24, 2.45) is 17.8 Å². The first-order chi connectivity index (χ1) is 9.63. The summed E-state index contributed by atoms with van der Waals surface area (Å²) in [4.78, 5) is 0. The molecule has 0 amide bonds. The molecule has 110 valence electrons. The highest BCUT2D eigenvalue weighted by molar-refractivity contribution is 6.20. The number of fused-ring (bicyclic) bond motifs is 1. The van der Waals surface area contributed by atoms with Crippen LogP contribution in [0.5, 0.6) is 0 Å². The predicted molar refractivity (Wildman–Crippen MR) is 87.5 cm³/mol. The normalized spacial score (nSPS) is 29.7. The second-order valence-corrected chi connectivity index (χ2v) is 7.81. The van der Waals surface area contributed by atoms with Crippen molar-refractivity contribution in [3.8, 4) is 0 Å². The SMILES string of the molecule is CC(C)C1CCC(Cl)C(Cc2ccc3c(c2)CCC3)C1. The number of hydrogen-bond acceptors (Lipinski definition) is 0. The van der Waals surface area contributed by atoms with E-state index < -0.39 is 0 Å². The van der Waals surface area contributed by atoms with Crippen molar-refractivity contribution < 1.29 is 0 Å². The van der Waals surface area contributed by atoms with Crippen LogP contribution in [-0.2, 0) is 19.3 Å². The third-order valence-electron chi connectivity index (χ3n) is 5.53. The second-order valence-electron chi connectivity index (χ2n) is 7.25. The second kappa shape index (κ2) is 6.10. The summed E-state index contributed by atoms with van der Waals surface area (Å²) < 4.78 is 0. The lowest BCUT2D eigenvalue weighted by molar-refractivity contribution is 0.218. The van der Waals surface area contributed by atoms with E-state index >= 15 is 0 Å². The maximum atomic E-state index is 6.62. The molecule has 20 heavy (non-hydrogen) atoms. The highest BCUT2D eigenvalue weighted by Gasteiger charge is 2.30. The van der Waals surface area contributed by atoms with Gasteiger partial charge in [0.05, 0.1) is 0 Å². The van der Waals surface area contributed by atoms with E-state index in [0.717, 1.165) is 11.8 Å². The van der Waals surface area contributed by atoms with Crippen molar-refractivity contribution in [3.05, 3.63) is 34.9 Å². The van der Waals surface area contributed by atoms with Crippen LogP contribution in [0.15, 0.2) is 18.2 Å². The minimum Gasteiger partial charge on any atom is -0.123 e. The lowest BCUT2D eigenvalue weighted by atomic mass is 9.74. The zero-order chi connectivity index (χ0) is 14.1. The molecule has 0 bridgehead atoms. The van der Waals surface area contributed by atoms with Gasteiger partial charge in [0.15, 0.2) is 0 Å². The Labute approximate surface area is 128 Å². The van der Waals surface area contributed by atoms with Crippen molar-refractivity contribution in [2.75, 3.05) is 0 Å². The number of alkyl halides is 1. The first-order valence-corrected chi connectivity index (χ1v) is 8.82. The minimum absolute atomic E-state index is 0.387. The molecule has 0 aromatic heterocycles. The Kier molecular flexibility index (Phi) is 4.40. The number of halogens is 1. The Morgan fingerprint density at radius 2 is 1.95 bits per heavy atom. The molecule has 2 aliphatic carbocycles. The molecule has 0 aliphatic heterocycles. The predicted octanol–water partition coefficient (Wildman–Crippen LogP) is 5.40. The van der Waals surface area contributed by atoms with Crippen LogP contribution in [0.2, 0.25) is 0 Å². The molecule has 0 saturated heterocycles. The van der Waals surface area contributed by atoms with E-state index in [0.29, 0.717) is 11.3 Å². The Balaban J connectivity index is 1.69. The van der Waals surface area contributed by atoms with Gasteiger partial charge in [-0.1, -0.05) is 32.0 Å². The van der Waals surface area contributed by atoms with Crippen molar-refractivity contribution in [3.63, 3.8) is 0 Å². The highest BCUT2D eigenvalue weighted by atomic mass is 35.5. The zero-order valence-corrected chi connectivity index (χ0v) is 13.6. The summed E-state index contributed by atoms with van der Waals surface area (Å²) in [5.74, 6) is 2.36. The summed E-state index contributed by atoms with van der Waals surface area (Å²) in [5, 5.41) is 0.387. The van der Waals surface area contributed by atoms with Crippen LogP contribution in [0.3, 0.4) is 0 Å². The quantitative estimate of drug-likeness (QED) is 0.654. The molecule has 3 unspecified atom stereocenters. The average molecular weight is 291 g/mol. The topological polar surface area (TPSA) is 0 Å². The molecule has 1 aromatic carbocycles. The maximum absolute atomic E-state index is 6.62. The van der Waals surface area contributed by atoms with Gasteiger partial charge in [-0.05, 0) is 79.4 Å². The van der Waals surface area contributed by atoms with Crippen LogP contribution in [0.4, 0.5) is 0 Å². The summed E-state index contributed by atoms with van der Waals surface area (Å²) in [5.41, 5.74) is 4.70. The average Bonchev–Trinajstić information content (AvgIpc) is 2.88. The van der Waals surface area contributed by atoms with Gasteiger partial charge >= 0.3 is 0 Å². The lowest BCUT2D eigenvalue weighted by Gasteiger charge is -2.35. The Bertz CT molecular complexity index is 463. The van der Waals surface area contributed by atoms with Gasteiger partial charge in [-0.15, -0.1) is 11.6 Å². The monoisotopic (exact) mass is 290 g/mol. The first kappa shape index (κ1) is 14.4. The molecule has 0 radical (unpaired) electrons. The number of rotatable bonds is 3. The molecular formula is C19H27Cl. The van der Waals surface area contributed by atoms with Gasteiger partial charge in [-0.25, -0.2) is 0 Å². The van der Waals surface area contributed by atoms with Gasteiger partial charge in [0.25, 0.3) is 0 Å². The number of hydrogen-bond donors (Lipinski definition) is 0. The molecule has 0 heterocycles. The van der Waals surface area contributed by atoms with E-state index in [1.165, 1.54) is 50.5 Å². The van der Waals surface area contributed by atoms with E-state index in [1.54, 1.807) is 11.1 Å². The molecule has 2 aliphatic rings. The smallest absolute Gasteiger partial charge is 0.0367 e. The number of aryl methyl sites for hydroxylation is 2.